The van der Waals surface area contributed by atoms with Gasteiger partial charge in [-0.2, -0.15) is 0 Å². The molecule has 1 unspecified atom stereocenters. The number of hydrogen-bond donors (Lipinski definition) is 3. The van der Waals surface area contributed by atoms with Gasteiger partial charge >= 0.3 is 0 Å². The number of fused-ring (bicyclic) bond motifs is 11. The smallest absolute Gasteiger partial charge is 0.247 e. The van der Waals surface area contributed by atoms with Crippen LogP contribution in [-0.4, -0.2) is 44.8 Å². The minimum atomic E-state index is -0.723. The van der Waals surface area contributed by atoms with Crippen LogP contribution < -0.4 is 20.9 Å². The summed E-state index contributed by atoms with van der Waals surface area (Å²) in [7, 11) is 2.06. The maximum atomic E-state index is 13.5. The topological polar surface area (TPSA) is 106 Å². The molecule has 0 aliphatic carbocycles. The second-order valence-corrected chi connectivity index (χ2v) is 10.2. The van der Waals surface area contributed by atoms with Crippen LogP contribution in [0.2, 0.25) is 6.32 Å². The van der Waals surface area contributed by atoms with Crippen molar-refractivity contribution in [3.8, 4) is 5.75 Å². The first-order chi connectivity index (χ1) is 16.5. The lowest BCUT2D eigenvalue weighted by atomic mass is 9.83. The highest BCUT2D eigenvalue weighted by atomic mass is 127. The average Bonchev–Trinajstić information content (AvgIpc) is 2.84. The summed E-state index contributed by atoms with van der Waals surface area (Å²) >= 11 is 2.03. The second-order valence-electron chi connectivity index (χ2n) is 8.55. The first kappa shape index (κ1) is 28.8. The summed E-state index contributed by atoms with van der Waals surface area (Å²) in [5.41, 5.74) is 3.42. The van der Waals surface area contributed by atoms with Crippen LogP contribution in [0.4, 0.5) is 0 Å². The van der Waals surface area contributed by atoms with Gasteiger partial charge < -0.3 is 15.4 Å². The van der Waals surface area contributed by atoms with E-state index in [1.54, 1.807) is 0 Å². The Bertz CT molecular complexity index is 786. The van der Waals surface area contributed by atoms with Crippen LogP contribution >= 0.6 is 28.5 Å². The summed E-state index contributed by atoms with van der Waals surface area (Å²) in [4.78, 5) is 39.5. The van der Waals surface area contributed by atoms with E-state index in [4.69, 9.17) is 9.36 Å². The van der Waals surface area contributed by atoms with Crippen LogP contribution in [0.15, 0.2) is 24.3 Å². The molecule has 2 heterocycles. The molecule has 3 N–H and O–H groups in total. The maximum Gasteiger partial charge on any atom is 0.247 e. The Labute approximate surface area is 218 Å². The molecule has 1 aromatic carbocycles. The fraction of sp³-hybridized carbons (Fsp3) is 0.609. The minimum absolute atomic E-state index is 0.0744. The highest BCUT2D eigenvalue weighted by Gasteiger charge is 2.35. The van der Waals surface area contributed by atoms with Crippen LogP contribution in [0.1, 0.15) is 51.0 Å². The molecule has 3 amide bonds. The SMILES string of the molecule is BCCCNC(=O)[C@@H]1Cc2ccc(cc2)OCCC[C@H](C(=O)NOPI)[C@@H](CCCC)C(=O)N1. The number of benzene rings is 1. The number of amides is 3. The van der Waals surface area contributed by atoms with E-state index >= 15 is 0 Å². The highest BCUT2D eigenvalue weighted by Crippen LogP contribution is 2.27. The lowest BCUT2D eigenvalue weighted by Gasteiger charge is -2.28. The summed E-state index contributed by atoms with van der Waals surface area (Å²) in [6.45, 7) is 3.14. The molecule has 0 spiro atoms. The van der Waals surface area contributed by atoms with E-state index < -0.39 is 17.9 Å². The number of hydrogen-bond acceptors (Lipinski definition) is 5. The van der Waals surface area contributed by atoms with Gasteiger partial charge in [-0.15, -0.1) is 0 Å². The predicted molar refractivity (Wildman–Crippen MR) is 146 cm³/mol. The molecule has 0 saturated heterocycles. The quantitative estimate of drug-likeness (QED) is 0.126. The molecule has 1 aromatic rings. The van der Waals surface area contributed by atoms with E-state index in [1.807, 2.05) is 46.3 Å². The van der Waals surface area contributed by atoms with Crippen LogP contribution in [-0.2, 0) is 25.4 Å². The lowest BCUT2D eigenvalue weighted by molar-refractivity contribution is -0.140. The molecule has 2 bridgehead atoms. The van der Waals surface area contributed by atoms with Gasteiger partial charge in [0.1, 0.15) is 26.1 Å². The van der Waals surface area contributed by atoms with Gasteiger partial charge in [0.25, 0.3) is 0 Å². The number of hydroxylamine groups is 1. The van der Waals surface area contributed by atoms with E-state index in [0.717, 1.165) is 36.9 Å². The van der Waals surface area contributed by atoms with E-state index in [2.05, 4.69) is 30.9 Å². The van der Waals surface area contributed by atoms with Crippen LogP contribution in [0.3, 0.4) is 0 Å². The van der Waals surface area contributed by atoms with Gasteiger partial charge in [0, 0.05) is 18.9 Å². The molecular formula is C23H36BIN3O5P. The van der Waals surface area contributed by atoms with Gasteiger partial charge in [-0.3, -0.25) is 14.4 Å². The Morgan fingerprint density at radius 2 is 2.03 bits per heavy atom. The summed E-state index contributed by atoms with van der Waals surface area (Å²) in [5.74, 6) is -1.17. The van der Waals surface area contributed by atoms with Gasteiger partial charge in [-0.1, -0.05) is 38.2 Å². The molecular weight excluding hydrogens is 567 g/mol. The van der Waals surface area contributed by atoms with E-state index in [9.17, 15) is 14.4 Å². The first-order valence-corrected chi connectivity index (χ1v) is 16.1. The molecule has 8 nitrogen and oxygen atoms in total. The summed E-state index contributed by atoms with van der Waals surface area (Å²) in [5, 5.41) is 5.92. The summed E-state index contributed by atoms with van der Waals surface area (Å²) < 4.78 is 11.0. The Hall–Kier alpha value is -1.39. The summed E-state index contributed by atoms with van der Waals surface area (Å²) in [6, 6.07) is 6.87. The fourth-order valence-corrected chi connectivity index (χ4v) is 4.52. The normalized spacial score (nSPS) is 21.5. The highest BCUT2D eigenvalue weighted by molar-refractivity contribution is 14.2. The fourth-order valence-electron chi connectivity index (χ4n) is 4.05. The molecule has 4 atom stereocenters. The molecule has 0 saturated carbocycles. The van der Waals surface area contributed by atoms with Crippen molar-refractivity contribution in [2.24, 2.45) is 11.8 Å². The predicted octanol–water partition coefficient (Wildman–Crippen LogP) is 2.86. The third kappa shape index (κ3) is 9.70. The Kier molecular flexibility index (Phi) is 13.8. The van der Waals surface area contributed by atoms with Gasteiger partial charge in [0.2, 0.25) is 17.7 Å². The molecule has 188 valence electrons. The summed E-state index contributed by atoms with van der Waals surface area (Å²) in [6.07, 6.45) is 5.56. The first-order valence-electron chi connectivity index (χ1n) is 12.1. The van der Waals surface area contributed by atoms with Crippen molar-refractivity contribution >= 4 is 54.1 Å². The van der Waals surface area contributed by atoms with Gasteiger partial charge in [0.05, 0.1) is 12.5 Å². The van der Waals surface area contributed by atoms with Crippen molar-refractivity contribution in [3.63, 3.8) is 0 Å². The standard InChI is InChI=1S/C23H36BIN3O5P/c1-2-3-6-18-19(22(30)28-33-34-25)7-4-14-32-17-10-8-16(9-11-17)15-20(27-21(18)29)23(31)26-13-5-12-24/h8-11,18-20,34H,2-7,12-15,24H2,1H3,(H,26,31)(H,27,29)(H,28,30)/t18-,19+,20+/m1/s1. The molecule has 2 aliphatic heterocycles. The van der Waals surface area contributed by atoms with Crippen molar-refractivity contribution in [1.82, 2.24) is 16.1 Å². The van der Waals surface area contributed by atoms with Crippen molar-refractivity contribution in [1.29, 1.82) is 0 Å². The van der Waals surface area contributed by atoms with Crippen LogP contribution in [0, 0.1) is 11.8 Å². The largest absolute Gasteiger partial charge is 0.494 e. The zero-order valence-corrected chi connectivity index (χ0v) is 23.2. The molecule has 3 rings (SSSR count). The number of ether oxygens (including phenoxy) is 1. The third-order valence-electron chi connectivity index (χ3n) is 5.97. The molecule has 2 aliphatic rings. The molecule has 0 aromatic heterocycles. The third-order valence-corrected chi connectivity index (χ3v) is 6.81. The minimum Gasteiger partial charge on any atom is -0.494 e. The van der Waals surface area contributed by atoms with E-state index in [-0.39, 0.29) is 24.2 Å². The number of halogens is 1. The van der Waals surface area contributed by atoms with Crippen LogP contribution in [0.25, 0.3) is 0 Å². The van der Waals surface area contributed by atoms with Crippen molar-refractivity contribution in [2.75, 3.05) is 13.2 Å². The van der Waals surface area contributed by atoms with Gasteiger partial charge in [-0.05, 0) is 65.4 Å². The lowest BCUT2D eigenvalue weighted by Crippen LogP contribution is -2.51. The molecule has 0 radical (unpaired) electrons. The zero-order valence-electron chi connectivity index (χ0n) is 20.0. The zero-order chi connectivity index (χ0) is 24.8. The number of carbonyl (C=O) groups is 3. The maximum absolute atomic E-state index is 13.5. The van der Waals surface area contributed by atoms with E-state index in [0.29, 0.717) is 38.8 Å². The van der Waals surface area contributed by atoms with Gasteiger partial charge in [0.15, 0.2) is 0 Å². The van der Waals surface area contributed by atoms with Crippen molar-refractivity contribution in [3.05, 3.63) is 29.8 Å². The monoisotopic (exact) mass is 603 g/mol. The number of unbranched alkanes of at least 4 members (excludes halogenated alkanes) is 1. The Morgan fingerprint density at radius 1 is 1.26 bits per heavy atom. The van der Waals surface area contributed by atoms with Crippen molar-refractivity contribution in [2.45, 2.75) is 64.2 Å². The molecule has 34 heavy (non-hydrogen) atoms. The van der Waals surface area contributed by atoms with E-state index in [1.165, 1.54) is 0 Å². The Morgan fingerprint density at radius 3 is 2.71 bits per heavy atom. The number of carbonyl (C=O) groups excluding carboxylic acids is 3. The second kappa shape index (κ2) is 16.3. The number of rotatable bonds is 10. The average molecular weight is 603 g/mol. The van der Waals surface area contributed by atoms with Crippen LogP contribution in [0.5, 0.6) is 5.75 Å². The van der Waals surface area contributed by atoms with Crippen molar-refractivity contribution < 1.29 is 23.7 Å². The number of nitrogens with one attached hydrogen (secondary N) is 3. The molecule has 11 heteroatoms. The molecule has 0 fully saturated rings. The van der Waals surface area contributed by atoms with Gasteiger partial charge in [-0.25, -0.2) is 10.1 Å². The Balaban J connectivity index is 2.33.